The molecule has 1 heterocycles. The van der Waals surface area contributed by atoms with Gasteiger partial charge in [-0.2, -0.15) is 0 Å². The Hall–Kier alpha value is -0.960. The lowest BCUT2D eigenvalue weighted by molar-refractivity contribution is 1.17. The second-order valence-corrected chi connectivity index (χ2v) is 3.71. The second-order valence-electron chi connectivity index (χ2n) is 2.62. The number of rotatable bonds is 1. The molecule has 62 valence electrons. The molecule has 0 saturated carbocycles. The van der Waals surface area contributed by atoms with E-state index in [-0.39, 0.29) is 0 Å². The summed E-state index contributed by atoms with van der Waals surface area (Å²) in [6.45, 7) is 0.925. The van der Waals surface area contributed by atoms with Crippen molar-refractivity contribution in [2.24, 2.45) is 4.99 Å². The van der Waals surface area contributed by atoms with E-state index in [4.69, 9.17) is 5.73 Å². The maximum atomic E-state index is 5.81. The fourth-order valence-corrected chi connectivity index (χ4v) is 2.09. The van der Waals surface area contributed by atoms with Crippen LogP contribution >= 0.6 is 11.8 Å². The fraction of sp³-hybridized carbons (Fsp3) is 0.222. The summed E-state index contributed by atoms with van der Waals surface area (Å²) in [5.41, 5.74) is 7.71. The van der Waals surface area contributed by atoms with Crippen LogP contribution in [0.2, 0.25) is 0 Å². The Morgan fingerprint density at radius 1 is 1.33 bits per heavy atom. The van der Waals surface area contributed by atoms with Crippen LogP contribution in [0.15, 0.2) is 29.3 Å². The van der Waals surface area contributed by atoms with Crippen LogP contribution in [-0.4, -0.2) is 17.3 Å². The number of anilines is 1. The minimum atomic E-state index is 0.825. The molecular formula is C9H10N2S. The van der Waals surface area contributed by atoms with E-state index < -0.39 is 0 Å². The Balaban J connectivity index is 2.39. The third kappa shape index (κ3) is 1.32. The highest BCUT2D eigenvalue weighted by Crippen LogP contribution is 2.22. The molecule has 0 bridgehead atoms. The van der Waals surface area contributed by atoms with Crippen LogP contribution in [0.1, 0.15) is 5.56 Å². The SMILES string of the molecule is Nc1ccccc1C1=NCCS1. The molecule has 1 aromatic carbocycles. The number of hydrogen-bond acceptors (Lipinski definition) is 3. The Kier molecular flexibility index (Phi) is 2.04. The summed E-state index contributed by atoms with van der Waals surface area (Å²) >= 11 is 1.78. The number of nitrogens with two attached hydrogens (primary N) is 1. The minimum absolute atomic E-state index is 0.825. The standard InChI is InChI=1S/C9H10N2S/c10-8-4-2-1-3-7(8)9-11-5-6-12-9/h1-4H,5-6,10H2. The van der Waals surface area contributed by atoms with Gasteiger partial charge in [0.25, 0.3) is 0 Å². The van der Waals surface area contributed by atoms with Gasteiger partial charge in [0.05, 0.1) is 5.04 Å². The first-order valence-electron chi connectivity index (χ1n) is 3.90. The molecule has 0 radical (unpaired) electrons. The third-order valence-corrected chi connectivity index (χ3v) is 2.79. The van der Waals surface area contributed by atoms with E-state index in [1.165, 1.54) is 0 Å². The van der Waals surface area contributed by atoms with Crippen LogP contribution in [0.4, 0.5) is 5.69 Å². The van der Waals surface area contributed by atoms with Crippen molar-refractivity contribution in [2.45, 2.75) is 0 Å². The van der Waals surface area contributed by atoms with E-state index in [2.05, 4.69) is 4.99 Å². The molecule has 3 heteroatoms. The zero-order valence-electron chi connectivity index (χ0n) is 6.66. The summed E-state index contributed by atoms with van der Waals surface area (Å²) in [5.74, 6) is 1.09. The van der Waals surface area contributed by atoms with Crippen molar-refractivity contribution in [1.82, 2.24) is 0 Å². The maximum Gasteiger partial charge on any atom is 0.0998 e. The monoisotopic (exact) mass is 178 g/mol. The molecule has 0 fully saturated rings. The zero-order chi connectivity index (χ0) is 8.39. The summed E-state index contributed by atoms with van der Waals surface area (Å²) in [6, 6.07) is 7.87. The molecular weight excluding hydrogens is 168 g/mol. The van der Waals surface area contributed by atoms with Crippen molar-refractivity contribution >= 4 is 22.5 Å². The fourth-order valence-electron chi connectivity index (χ4n) is 1.19. The Bertz CT molecular complexity index is 320. The number of nitrogen functional groups attached to an aromatic ring is 1. The first-order valence-corrected chi connectivity index (χ1v) is 4.88. The number of hydrogen-bond donors (Lipinski definition) is 1. The van der Waals surface area contributed by atoms with Gasteiger partial charge in [0, 0.05) is 23.5 Å². The molecule has 0 amide bonds. The smallest absolute Gasteiger partial charge is 0.0998 e. The first kappa shape index (κ1) is 7.68. The van der Waals surface area contributed by atoms with Crippen LogP contribution in [0.5, 0.6) is 0 Å². The van der Waals surface area contributed by atoms with E-state index in [9.17, 15) is 0 Å². The van der Waals surface area contributed by atoms with E-state index in [0.717, 1.165) is 28.6 Å². The number of para-hydroxylation sites is 1. The van der Waals surface area contributed by atoms with Gasteiger partial charge in [-0.3, -0.25) is 4.99 Å². The predicted octanol–water partition coefficient (Wildman–Crippen LogP) is 1.76. The van der Waals surface area contributed by atoms with Crippen molar-refractivity contribution < 1.29 is 0 Å². The Morgan fingerprint density at radius 3 is 2.83 bits per heavy atom. The maximum absolute atomic E-state index is 5.81. The number of thioether (sulfide) groups is 1. The van der Waals surface area contributed by atoms with Crippen molar-refractivity contribution in [2.75, 3.05) is 18.0 Å². The largest absolute Gasteiger partial charge is 0.398 e. The zero-order valence-corrected chi connectivity index (χ0v) is 7.47. The molecule has 2 N–H and O–H groups in total. The molecule has 0 atom stereocenters. The van der Waals surface area contributed by atoms with Gasteiger partial charge in [-0.1, -0.05) is 18.2 Å². The van der Waals surface area contributed by atoms with Gasteiger partial charge < -0.3 is 5.73 Å². The van der Waals surface area contributed by atoms with Gasteiger partial charge in [0.2, 0.25) is 0 Å². The summed E-state index contributed by atoms with van der Waals surface area (Å²) < 4.78 is 0. The average Bonchev–Trinajstić information content (AvgIpc) is 2.57. The van der Waals surface area contributed by atoms with Crippen LogP contribution in [0.25, 0.3) is 0 Å². The molecule has 0 aliphatic carbocycles. The molecule has 2 rings (SSSR count). The molecule has 1 aliphatic heterocycles. The van der Waals surface area contributed by atoms with Crippen LogP contribution in [0.3, 0.4) is 0 Å². The number of nitrogens with zero attached hydrogens (tertiary/aromatic N) is 1. The number of aliphatic imine (C=N–C) groups is 1. The van der Waals surface area contributed by atoms with Crippen LogP contribution in [0, 0.1) is 0 Å². The van der Waals surface area contributed by atoms with Crippen molar-refractivity contribution in [3.8, 4) is 0 Å². The van der Waals surface area contributed by atoms with Gasteiger partial charge in [0.1, 0.15) is 0 Å². The molecule has 12 heavy (non-hydrogen) atoms. The van der Waals surface area contributed by atoms with Gasteiger partial charge in [-0.15, -0.1) is 11.8 Å². The lowest BCUT2D eigenvalue weighted by Crippen LogP contribution is -1.98. The van der Waals surface area contributed by atoms with Crippen LogP contribution < -0.4 is 5.73 Å². The normalized spacial score (nSPS) is 16.2. The van der Waals surface area contributed by atoms with Crippen molar-refractivity contribution in [1.29, 1.82) is 0 Å². The van der Waals surface area contributed by atoms with Crippen LogP contribution in [-0.2, 0) is 0 Å². The summed E-state index contributed by atoms with van der Waals surface area (Å²) in [7, 11) is 0. The highest BCUT2D eigenvalue weighted by molar-refractivity contribution is 8.14. The molecule has 0 saturated heterocycles. The summed E-state index contributed by atoms with van der Waals surface area (Å²) in [4.78, 5) is 4.37. The van der Waals surface area contributed by atoms with E-state index in [1.54, 1.807) is 11.8 Å². The molecule has 0 aromatic heterocycles. The predicted molar refractivity (Wildman–Crippen MR) is 54.7 cm³/mol. The highest BCUT2D eigenvalue weighted by atomic mass is 32.2. The van der Waals surface area contributed by atoms with E-state index in [0.29, 0.717) is 0 Å². The number of benzene rings is 1. The molecule has 1 aliphatic rings. The average molecular weight is 178 g/mol. The summed E-state index contributed by atoms with van der Waals surface area (Å²) in [6.07, 6.45) is 0. The molecule has 2 nitrogen and oxygen atoms in total. The van der Waals surface area contributed by atoms with Gasteiger partial charge in [-0.25, -0.2) is 0 Å². The van der Waals surface area contributed by atoms with Gasteiger partial charge in [-0.05, 0) is 6.07 Å². The van der Waals surface area contributed by atoms with Gasteiger partial charge in [0.15, 0.2) is 0 Å². The van der Waals surface area contributed by atoms with Crippen molar-refractivity contribution in [3.63, 3.8) is 0 Å². The van der Waals surface area contributed by atoms with E-state index >= 15 is 0 Å². The second kappa shape index (κ2) is 3.19. The Morgan fingerprint density at radius 2 is 2.17 bits per heavy atom. The van der Waals surface area contributed by atoms with Crippen molar-refractivity contribution in [3.05, 3.63) is 29.8 Å². The molecule has 1 aromatic rings. The Labute approximate surface area is 75.9 Å². The lowest BCUT2D eigenvalue weighted by atomic mass is 10.2. The third-order valence-electron chi connectivity index (χ3n) is 1.78. The quantitative estimate of drug-likeness (QED) is 0.665. The van der Waals surface area contributed by atoms with E-state index in [1.807, 2.05) is 24.3 Å². The topological polar surface area (TPSA) is 38.4 Å². The van der Waals surface area contributed by atoms with Gasteiger partial charge >= 0.3 is 0 Å². The summed E-state index contributed by atoms with van der Waals surface area (Å²) in [5, 5.41) is 1.09. The molecule has 0 spiro atoms. The first-order chi connectivity index (χ1) is 5.88. The molecule has 0 unspecified atom stereocenters. The minimum Gasteiger partial charge on any atom is -0.398 e. The highest BCUT2D eigenvalue weighted by Gasteiger charge is 2.11. The lowest BCUT2D eigenvalue weighted by Gasteiger charge is -2.02.